The summed E-state index contributed by atoms with van der Waals surface area (Å²) in [6.07, 6.45) is 3.10. The third kappa shape index (κ3) is 4.53. The zero-order chi connectivity index (χ0) is 24.5. The number of rotatable bonds is 8. The molecule has 3 N–H and O–H groups in total. The molecule has 1 saturated heterocycles. The highest BCUT2D eigenvalue weighted by atomic mass is 16.5. The van der Waals surface area contributed by atoms with Crippen molar-refractivity contribution in [3.05, 3.63) is 59.3 Å². The molecule has 2 aromatic carbocycles. The number of amides is 4. The van der Waals surface area contributed by atoms with Gasteiger partial charge in [-0.05, 0) is 37.6 Å². The number of urea groups is 1. The lowest BCUT2D eigenvalue weighted by atomic mass is 10.1. The minimum atomic E-state index is -0.713. The second-order valence-corrected chi connectivity index (χ2v) is 8.90. The first kappa shape index (κ1) is 22.8. The molecule has 0 spiro atoms. The minimum Gasteiger partial charge on any atom is -0.494 e. The van der Waals surface area contributed by atoms with Crippen molar-refractivity contribution in [2.75, 3.05) is 13.2 Å². The van der Waals surface area contributed by atoms with Gasteiger partial charge in [0, 0.05) is 47.6 Å². The lowest BCUT2D eigenvalue weighted by molar-refractivity contribution is -0.132. The van der Waals surface area contributed by atoms with Crippen molar-refractivity contribution in [3.8, 4) is 11.5 Å². The molecule has 1 aromatic heterocycles. The van der Waals surface area contributed by atoms with Crippen molar-refractivity contribution in [1.82, 2.24) is 20.5 Å². The Labute approximate surface area is 202 Å². The van der Waals surface area contributed by atoms with Crippen LogP contribution in [-0.2, 0) is 29.0 Å². The van der Waals surface area contributed by atoms with Gasteiger partial charge in [0.1, 0.15) is 30.2 Å². The lowest BCUT2D eigenvalue weighted by Crippen LogP contribution is -2.41. The molecular formula is C26H28N4O5. The number of aromatic nitrogens is 1. The molecule has 182 valence electrons. The maximum atomic E-state index is 12.9. The number of para-hydroxylation sites is 1. The number of imide groups is 1. The Morgan fingerprint density at radius 3 is 2.89 bits per heavy atom. The van der Waals surface area contributed by atoms with E-state index in [9.17, 15) is 14.4 Å². The zero-order valence-electron chi connectivity index (χ0n) is 19.7. The fourth-order valence-electron chi connectivity index (χ4n) is 4.69. The Kier molecular flexibility index (Phi) is 6.07. The molecule has 2 aliphatic rings. The predicted octanol–water partition coefficient (Wildman–Crippen LogP) is 2.67. The van der Waals surface area contributed by atoms with Gasteiger partial charge >= 0.3 is 6.03 Å². The van der Waals surface area contributed by atoms with E-state index in [0.29, 0.717) is 18.8 Å². The van der Waals surface area contributed by atoms with Crippen LogP contribution >= 0.6 is 0 Å². The number of carbonyl (C=O) groups excluding carboxylic acids is 3. The molecule has 0 saturated carbocycles. The standard InChI is InChI=1S/C26H28N4O5/c1-3-34-22-10-16-8-15(2)35-23(16)11-18(22)13-28-24(31)14-30-25(32)21(29-26(30)33)9-17-12-27-20-7-5-4-6-19(17)20/h4-7,10-12,15,21,27H,3,8-9,13-14H2,1-2H3,(H,28,31)(H,29,33)/t15-,21-/m1/s1. The van der Waals surface area contributed by atoms with Crippen LogP contribution in [0.25, 0.3) is 10.9 Å². The second-order valence-electron chi connectivity index (χ2n) is 8.90. The number of hydrogen-bond acceptors (Lipinski definition) is 5. The minimum absolute atomic E-state index is 0.0983. The quantitative estimate of drug-likeness (QED) is 0.433. The zero-order valence-corrected chi connectivity index (χ0v) is 19.7. The molecule has 0 unspecified atom stereocenters. The molecule has 3 aromatic rings. The number of hydrogen-bond donors (Lipinski definition) is 3. The van der Waals surface area contributed by atoms with Gasteiger partial charge < -0.3 is 25.1 Å². The van der Waals surface area contributed by atoms with E-state index in [1.54, 1.807) is 0 Å². The number of fused-ring (bicyclic) bond motifs is 2. The summed E-state index contributed by atoms with van der Waals surface area (Å²) in [7, 11) is 0. The van der Waals surface area contributed by atoms with Crippen molar-refractivity contribution in [1.29, 1.82) is 0 Å². The van der Waals surface area contributed by atoms with Crippen LogP contribution in [0.2, 0.25) is 0 Å². The number of ether oxygens (including phenoxy) is 2. The summed E-state index contributed by atoms with van der Waals surface area (Å²) < 4.78 is 11.6. The molecule has 5 rings (SSSR count). The average Bonchev–Trinajstić information content (AvgIpc) is 3.49. The SMILES string of the molecule is CCOc1cc2c(cc1CNC(=O)CN1C(=O)N[C@H](Cc3c[nH]c4ccccc34)C1=O)O[C@H](C)C2. The van der Waals surface area contributed by atoms with Crippen molar-refractivity contribution in [2.45, 2.75) is 45.4 Å². The normalized spacial score (nSPS) is 19.0. The van der Waals surface area contributed by atoms with Gasteiger partial charge in [0.05, 0.1) is 6.61 Å². The van der Waals surface area contributed by atoms with Crippen molar-refractivity contribution >= 4 is 28.7 Å². The number of nitrogens with one attached hydrogen (secondary N) is 3. The summed E-state index contributed by atoms with van der Waals surface area (Å²) in [5.41, 5.74) is 3.76. The smallest absolute Gasteiger partial charge is 0.325 e. The maximum absolute atomic E-state index is 12.9. The molecule has 2 atom stereocenters. The Morgan fingerprint density at radius 1 is 1.23 bits per heavy atom. The summed E-state index contributed by atoms with van der Waals surface area (Å²) in [5, 5.41) is 6.50. The largest absolute Gasteiger partial charge is 0.494 e. The molecule has 3 heterocycles. The van der Waals surface area contributed by atoms with Gasteiger partial charge in [-0.2, -0.15) is 0 Å². The van der Waals surface area contributed by atoms with Gasteiger partial charge in [-0.15, -0.1) is 0 Å². The van der Waals surface area contributed by atoms with Gasteiger partial charge in [0.2, 0.25) is 5.91 Å². The van der Waals surface area contributed by atoms with Gasteiger partial charge in [-0.1, -0.05) is 18.2 Å². The second kappa shape index (κ2) is 9.32. The Balaban J connectivity index is 1.21. The van der Waals surface area contributed by atoms with Crippen molar-refractivity contribution < 1.29 is 23.9 Å². The highest BCUT2D eigenvalue weighted by molar-refractivity contribution is 6.06. The summed E-state index contributed by atoms with van der Waals surface area (Å²) in [6.45, 7) is 4.25. The summed E-state index contributed by atoms with van der Waals surface area (Å²) in [6, 6.07) is 10.3. The van der Waals surface area contributed by atoms with Crippen LogP contribution in [0.15, 0.2) is 42.6 Å². The Morgan fingerprint density at radius 2 is 2.06 bits per heavy atom. The van der Waals surface area contributed by atoms with Crippen LogP contribution in [0.5, 0.6) is 11.5 Å². The van der Waals surface area contributed by atoms with Crippen LogP contribution in [0.4, 0.5) is 4.79 Å². The maximum Gasteiger partial charge on any atom is 0.325 e. The Bertz CT molecular complexity index is 1300. The van der Waals surface area contributed by atoms with Crippen LogP contribution < -0.4 is 20.1 Å². The van der Waals surface area contributed by atoms with E-state index in [1.165, 1.54) is 0 Å². The number of aromatic amines is 1. The number of benzene rings is 2. The molecule has 2 aliphatic heterocycles. The number of nitrogens with zero attached hydrogens (tertiary/aromatic N) is 1. The van der Waals surface area contributed by atoms with Gasteiger partial charge in [0.25, 0.3) is 5.91 Å². The third-order valence-electron chi connectivity index (χ3n) is 6.36. The molecule has 0 bridgehead atoms. The lowest BCUT2D eigenvalue weighted by Gasteiger charge is -2.15. The monoisotopic (exact) mass is 476 g/mol. The van der Waals surface area contributed by atoms with Crippen LogP contribution in [0.3, 0.4) is 0 Å². The van der Waals surface area contributed by atoms with Crippen LogP contribution in [0.1, 0.15) is 30.5 Å². The molecule has 9 nitrogen and oxygen atoms in total. The van der Waals surface area contributed by atoms with Crippen molar-refractivity contribution in [2.24, 2.45) is 0 Å². The molecule has 1 fully saturated rings. The van der Waals surface area contributed by atoms with E-state index < -0.39 is 23.9 Å². The van der Waals surface area contributed by atoms with E-state index in [4.69, 9.17) is 9.47 Å². The molecule has 9 heteroatoms. The van der Waals surface area contributed by atoms with E-state index >= 15 is 0 Å². The summed E-state index contributed by atoms with van der Waals surface area (Å²) in [5.74, 6) is 0.640. The first-order valence-electron chi connectivity index (χ1n) is 11.8. The molecule has 0 aliphatic carbocycles. The van der Waals surface area contributed by atoms with Crippen LogP contribution in [0, 0.1) is 0 Å². The highest BCUT2D eigenvalue weighted by Crippen LogP contribution is 2.35. The van der Waals surface area contributed by atoms with E-state index in [2.05, 4.69) is 15.6 Å². The fourth-order valence-corrected chi connectivity index (χ4v) is 4.69. The molecule has 35 heavy (non-hydrogen) atoms. The highest BCUT2D eigenvalue weighted by Gasteiger charge is 2.39. The van der Waals surface area contributed by atoms with Crippen molar-refractivity contribution in [3.63, 3.8) is 0 Å². The third-order valence-corrected chi connectivity index (χ3v) is 6.36. The molecule has 0 radical (unpaired) electrons. The van der Waals surface area contributed by atoms with Gasteiger partial charge in [0.15, 0.2) is 0 Å². The summed E-state index contributed by atoms with van der Waals surface area (Å²) in [4.78, 5) is 42.2. The number of carbonyl (C=O) groups is 3. The average molecular weight is 477 g/mol. The predicted molar refractivity (Wildman–Crippen MR) is 129 cm³/mol. The number of H-pyrrole nitrogens is 1. The fraction of sp³-hybridized carbons (Fsp3) is 0.346. The van der Waals surface area contributed by atoms with Crippen LogP contribution in [-0.4, -0.2) is 53.0 Å². The topological polar surface area (TPSA) is 113 Å². The van der Waals surface area contributed by atoms with Gasteiger partial charge in [-0.25, -0.2) is 4.79 Å². The van der Waals surface area contributed by atoms with E-state index in [1.807, 2.05) is 56.4 Å². The first-order valence-corrected chi connectivity index (χ1v) is 11.8. The Hall–Kier alpha value is -4.01. The van der Waals surface area contributed by atoms with Gasteiger partial charge in [-0.3, -0.25) is 14.5 Å². The first-order chi connectivity index (χ1) is 16.9. The molecule has 4 amide bonds. The van der Waals surface area contributed by atoms with E-state index in [0.717, 1.165) is 44.7 Å². The van der Waals surface area contributed by atoms with E-state index in [-0.39, 0.29) is 19.2 Å². The molecular weight excluding hydrogens is 448 g/mol. The summed E-state index contributed by atoms with van der Waals surface area (Å²) >= 11 is 0.